The standard InChI is InChI=1S/C18H22O5/c1-13(19)15-8-9-16(17(10-15)21-2)22-12-18(20)23-11-14-6-4-3-5-7-14/h3-4,8-10,14H,5-7,11-12H2,1-2H3. The van der Waals surface area contributed by atoms with Crippen molar-refractivity contribution in [1.82, 2.24) is 0 Å². The van der Waals surface area contributed by atoms with Crippen molar-refractivity contribution >= 4 is 11.8 Å². The minimum Gasteiger partial charge on any atom is -0.493 e. The maximum Gasteiger partial charge on any atom is 0.344 e. The Kier molecular flexibility index (Phi) is 6.20. The van der Waals surface area contributed by atoms with E-state index in [2.05, 4.69) is 12.2 Å². The minimum absolute atomic E-state index is 0.0595. The first-order chi connectivity index (χ1) is 11.1. The number of hydrogen-bond donors (Lipinski definition) is 0. The molecule has 0 N–H and O–H groups in total. The number of ether oxygens (including phenoxy) is 3. The quantitative estimate of drug-likeness (QED) is 0.439. The van der Waals surface area contributed by atoms with Crippen LogP contribution in [0.15, 0.2) is 30.4 Å². The van der Waals surface area contributed by atoms with Gasteiger partial charge in [-0.25, -0.2) is 4.79 Å². The lowest BCUT2D eigenvalue weighted by Crippen LogP contribution is -2.20. The van der Waals surface area contributed by atoms with E-state index in [0.717, 1.165) is 19.3 Å². The predicted molar refractivity (Wildman–Crippen MR) is 85.9 cm³/mol. The van der Waals surface area contributed by atoms with Crippen molar-refractivity contribution in [3.8, 4) is 11.5 Å². The van der Waals surface area contributed by atoms with Gasteiger partial charge in [0.25, 0.3) is 0 Å². The predicted octanol–water partition coefficient (Wildman–Crippen LogP) is 3.18. The van der Waals surface area contributed by atoms with Crippen LogP contribution in [0.1, 0.15) is 36.5 Å². The summed E-state index contributed by atoms with van der Waals surface area (Å²) in [5.74, 6) is 0.763. The Labute approximate surface area is 136 Å². The highest BCUT2D eigenvalue weighted by atomic mass is 16.6. The van der Waals surface area contributed by atoms with Gasteiger partial charge in [-0.15, -0.1) is 0 Å². The zero-order chi connectivity index (χ0) is 16.7. The Balaban J connectivity index is 1.83. The maximum absolute atomic E-state index is 11.8. The Bertz CT molecular complexity index is 591. The SMILES string of the molecule is COc1cc(C(C)=O)ccc1OCC(=O)OCC1CC=CCC1. The van der Waals surface area contributed by atoms with E-state index in [1.807, 2.05) is 0 Å². The smallest absolute Gasteiger partial charge is 0.344 e. The fraction of sp³-hybridized carbons (Fsp3) is 0.444. The molecule has 1 aliphatic rings. The molecule has 0 aliphatic heterocycles. The zero-order valence-electron chi connectivity index (χ0n) is 13.5. The Morgan fingerprint density at radius 1 is 1.22 bits per heavy atom. The summed E-state index contributed by atoms with van der Waals surface area (Å²) in [6.45, 7) is 1.72. The lowest BCUT2D eigenvalue weighted by molar-refractivity contribution is -0.147. The Morgan fingerprint density at radius 2 is 2.04 bits per heavy atom. The van der Waals surface area contributed by atoms with E-state index in [-0.39, 0.29) is 12.4 Å². The number of allylic oxidation sites excluding steroid dienone is 2. The number of methoxy groups -OCH3 is 1. The zero-order valence-corrected chi connectivity index (χ0v) is 13.5. The van der Waals surface area contributed by atoms with E-state index in [1.165, 1.54) is 14.0 Å². The average Bonchev–Trinajstić information content (AvgIpc) is 2.58. The van der Waals surface area contributed by atoms with E-state index in [4.69, 9.17) is 14.2 Å². The van der Waals surface area contributed by atoms with Gasteiger partial charge in [0, 0.05) is 5.56 Å². The summed E-state index contributed by atoms with van der Waals surface area (Å²) >= 11 is 0. The first-order valence-electron chi connectivity index (χ1n) is 7.72. The summed E-state index contributed by atoms with van der Waals surface area (Å²) in [7, 11) is 1.49. The number of ketones is 1. The van der Waals surface area contributed by atoms with E-state index in [0.29, 0.717) is 29.6 Å². The van der Waals surface area contributed by atoms with Crippen LogP contribution in [0.3, 0.4) is 0 Å². The van der Waals surface area contributed by atoms with Crippen molar-refractivity contribution in [3.63, 3.8) is 0 Å². The second kappa shape index (κ2) is 8.36. The number of carbonyl (C=O) groups excluding carboxylic acids is 2. The lowest BCUT2D eigenvalue weighted by Gasteiger charge is -2.17. The van der Waals surface area contributed by atoms with Crippen molar-refractivity contribution < 1.29 is 23.8 Å². The third-order valence-corrected chi connectivity index (χ3v) is 3.77. The van der Waals surface area contributed by atoms with Gasteiger partial charge in [-0.2, -0.15) is 0 Å². The molecule has 23 heavy (non-hydrogen) atoms. The fourth-order valence-electron chi connectivity index (χ4n) is 2.40. The summed E-state index contributed by atoms with van der Waals surface area (Å²) in [4.78, 5) is 23.1. The van der Waals surface area contributed by atoms with Crippen molar-refractivity contribution in [2.24, 2.45) is 5.92 Å². The van der Waals surface area contributed by atoms with Crippen molar-refractivity contribution in [2.45, 2.75) is 26.2 Å². The molecule has 1 aromatic carbocycles. The minimum atomic E-state index is -0.405. The van der Waals surface area contributed by atoms with Crippen molar-refractivity contribution in [1.29, 1.82) is 0 Å². The van der Waals surface area contributed by atoms with Gasteiger partial charge in [0.05, 0.1) is 13.7 Å². The first-order valence-corrected chi connectivity index (χ1v) is 7.72. The van der Waals surface area contributed by atoms with E-state index in [9.17, 15) is 9.59 Å². The summed E-state index contributed by atoms with van der Waals surface area (Å²) in [5, 5.41) is 0. The maximum atomic E-state index is 11.8. The molecule has 0 aromatic heterocycles. The molecule has 0 fully saturated rings. The number of hydrogen-bond acceptors (Lipinski definition) is 5. The van der Waals surface area contributed by atoms with Gasteiger partial charge in [-0.05, 0) is 50.3 Å². The number of rotatable bonds is 7. The molecule has 1 unspecified atom stereocenters. The molecule has 0 saturated carbocycles. The van der Waals surface area contributed by atoms with Crippen molar-refractivity contribution in [3.05, 3.63) is 35.9 Å². The second-order valence-corrected chi connectivity index (χ2v) is 5.54. The van der Waals surface area contributed by atoms with Crippen LogP contribution in [0.2, 0.25) is 0 Å². The topological polar surface area (TPSA) is 61.8 Å². The Hall–Kier alpha value is -2.30. The van der Waals surface area contributed by atoms with Crippen LogP contribution in [0.4, 0.5) is 0 Å². The van der Waals surface area contributed by atoms with Crippen LogP contribution in [-0.2, 0) is 9.53 Å². The molecule has 1 atom stereocenters. The van der Waals surface area contributed by atoms with E-state index in [1.54, 1.807) is 18.2 Å². The third-order valence-electron chi connectivity index (χ3n) is 3.77. The van der Waals surface area contributed by atoms with Gasteiger partial charge < -0.3 is 14.2 Å². The van der Waals surface area contributed by atoms with Gasteiger partial charge in [-0.3, -0.25) is 4.79 Å². The molecule has 2 rings (SSSR count). The van der Waals surface area contributed by atoms with Gasteiger partial charge >= 0.3 is 5.97 Å². The number of carbonyl (C=O) groups is 2. The van der Waals surface area contributed by atoms with Crippen LogP contribution < -0.4 is 9.47 Å². The molecule has 124 valence electrons. The van der Waals surface area contributed by atoms with Crippen LogP contribution >= 0.6 is 0 Å². The third kappa shape index (κ3) is 5.13. The lowest BCUT2D eigenvalue weighted by atomic mass is 9.95. The monoisotopic (exact) mass is 318 g/mol. The highest BCUT2D eigenvalue weighted by Crippen LogP contribution is 2.28. The highest BCUT2D eigenvalue weighted by molar-refractivity contribution is 5.94. The molecule has 0 saturated heterocycles. The Morgan fingerprint density at radius 3 is 2.70 bits per heavy atom. The molecular weight excluding hydrogens is 296 g/mol. The highest BCUT2D eigenvalue weighted by Gasteiger charge is 2.14. The van der Waals surface area contributed by atoms with Gasteiger partial charge in [0.1, 0.15) is 0 Å². The molecule has 0 radical (unpaired) electrons. The summed E-state index contributed by atoms with van der Waals surface area (Å²) < 4.78 is 15.9. The number of esters is 1. The number of Topliss-reactive ketones (excluding diaryl/α,β-unsaturated/α-hetero) is 1. The summed E-state index contributed by atoms with van der Waals surface area (Å²) in [6.07, 6.45) is 7.32. The molecule has 0 spiro atoms. The van der Waals surface area contributed by atoms with Crippen LogP contribution in [0.5, 0.6) is 11.5 Å². The molecule has 0 heterocycles. The fourth-order valence-corrected chi connectivity index (χ4v) is 2.40. The second-order valence-electron chi connectivity index (χ2n) is 5.54. The van der Waals surface area contributed by atoms with Crippen molar-refractivity contribution in [2.75, 3.05) is 20.3 Å². The van der Waals surface area contributed by atoms with E-state index < -0.39 is 5.97 Å². The van der Waals surface area contributed by atoms with Crippen LogP contribution in [-0.4, -0.2) is 32.1 Å². The molecule has 0 amide bonds. The average molecular weight is 318 g/mol. The van der Waals surface area contributed by atoms with Gasteiger partial charge in [0.2, 0.25) is 0 Å². The molecule has 1 aliphatic carbocycles. The normalized spacial score (nSPS) is 16.7. The van der Waals surface area contributed by atoms with E-state index >= 15 is 0 Å². The number of benzene rings is 1. The van der Waals surface area contributed by atoms with Crippen LogP contribution in [0.25, 0.3) is 0 Å². The largest absolute Gasteiger partial charge is 0.493 e. The summed E-state index contributed by atoms with van der Waals surface area (Å²) in [5.41, 5.74) is 0.530. The summed E-state index contributed by atoms with van der Waals surface area (Å²) in [6, 6.07) is 4.85. The molecule has 1 aromatic rings. The van der Waals surface area contributed by atoms with Crippen LogP contribution in [0, 0.1) is 5.92 Å². The molecular formula is C18H22O5. The first kappa shape index (κ1) is 17.1. The molecule has 0 bridgehead atoms. The molecule has 5 nitrogen and oxygen atoms in total. The molecule has 5 heteroatoms. The van der Waals surface area contributed by atoms with Gasteiger partial charge in [0.15, 0.2) is 23.9 Å². The van der Waals surface area contributed by atoms with Gasteiger partial charge in [-0.1, -0.05) is 12.2 Å².